The molecule has 0 aromatic carbocycles. The second-order valence-corrected chi connectivity index (χ2v) is 4.88. The zero-order valence-electron chi connectivity index (χ0n) is 10.6. The van der Waals surface area contributed by atoms with Crippen molar-refractivity contribution in [2.75, 3.05) is 0 Å². The van der Waals surface area contributed by atoms with Crippen molar-refractivity contribution in [1.29, 1.82) is 0 Å². The maximum absolute atomic E-state index is 11.5. The number of amides is 3. The quantitative estimate of drug-likeness (QED) is 0.690. The molecule has 0 heterocycles. The summed E-state index contributed by atoms with van der Waals surface area (Å²) in [5.74, 6) is -0.756. The van der Waals surface area contributed by atoms with E-state index in [0.29, 0.717) is 5.92 Å². The summed E-state index contributed by atoms with van der Waals surface area (Å²) in [6.07, 6.45) is 3.23. The van der Waals surface area contributed by atoms with Gasteiger partial charge in [0.25, 0.3) is 0 Å². The lowest BCUT2D eigenvalue weighted by Crippen LogP contribution is -2.43. The van der Waals surface area contributed by atoms with Gasteiger partial charge in [-0.05, 0) is 31.6 Å². The van der Waals surface area contributed by atoms with E-state index in [1.165, 1.54) is 0 Å². The lowest BCUT2D eigenvalue weighted by atomic mass is 10.1. The van der Waals surface area contributed by atoms with Gasteiger partial charge in [-0.1, -0.05) is 6.92 Å². The molecule has 1 aliphatic carbocycles. The SMILES string of the molecule is CC1CCC(NC(=O)NC(=O)CCCC(=O)O)C1. The molecule has 18 heavy (non-hydrogen) atoms. The fraction of sp³-hybridized carbons (Fsp3) is 0.750. The highest BCUT2D eigenvalue weighted by molar-refractivity contribution is 5.94. The van der Waals surface area contributed by atoms with Crippen LogP contribution in [0.25, 0.3) is 0 Å². The number of nitrogens with one attached hydrogen (secondary N) is 2. The molecule has 0 saturated heterocycles. The lowest BCUT2D eigenvalue weighted by Gasteiger charge is -2.12. The van der Waals surface area contributed by atoms with Gasteiger partial charge in [-0.3, -0.25) is 14.9 Å². The molecule has 6 nitrogen and oxygen atoms in total. The molecule has 3 N–H and O–H groups in total. The van der Waals surface area contributed by atoms with Crippen LogP contribution in [0.2, 0.25) is 0 Å². The van der Waals surface area contributed by atoms with Crippen LogP contribution in [-0.4, -0.2) is 29.1 Å². The molecule has 0 bridgehead atoms. The molecule has 0 spiro atoms. The summed E-state index contributed by atoms with van der Waals surface area (Å²) in [6.45, 7) is 2.14. The molecule has 2 atom stereocenters. The Morgan fingerprint density at radius 2 is 1.94 bits per heavy atom. The van der Waals surface area contributed by atoms with Crippen molar-refractivity contribution in [3.05, 3.63) is 0 Å². The van der Waals surface area contributed by atoms with Crippen molar-refractivity contribution < 1.29 is 19.5 Å². The Morgan fingerprint density at radius 3 is 2.50 bits per heavy atom. The van der Waals surface area contributed by atoms with E-state index in [2.05, 4.69) is 17.6 Å². The largest absolute Gasteiger partial charge is 0.481 e. The van der Waals surface area contributed by atoms with Gasteiger partial charge in [0.2, 0.25) is 5.91 Å². The van der Waals surface area contributed by atoms with Crippen LogP contribution in [0, 0.1) is 5.92 Å². The van der Waals surface area contributed by atoms with E-state index >= 15 is 0 Å². The molecule has 1 aliphatic rings. The number of urea groups is 1. The minimum absolute atomic E-state index is 0.0563. The molecule has 1 rings (SSSR count). The summed E-state index contributed by atoms with van der Waals surface area (Å²) >= 11 is 0. The normalized spacial score (nSPS) is 22.5. The van der Waals surface area contributed by atoms with Crippen LogP contribution in [0.3, 0.4) is 0 Å². The number of carboxylic acid groups (broad SMARTS) is 1. The van der Waals surface area contributed by atoms with Gasteiger partial charge in [-0.25, -0.2) is 4.79 Å². The second kappa shape index (κ2) is 6.98. The fourth-order valence-electron chi connectivity index (χ4n) is 2.15. The van der Waals surface area contributed by atoms with Gasteiger partial charge < -0.3 is 10.4 Å². The third kappa shape index (κ3) is 5.65. The predicted octanol–water partition coefficient (Wildman–Crippen LogP) is 1.26. The molecule has 2 unspecified atom stereocenters. The van der Waals surface area contributed by atoms with E-state index in [1.807, 2.05) is 0 Å². The molecular formula is C12H20N2O4. The minimum atomic E-state index is -0.938. The first-order valence-electron chi connectivity index (χ1n) is 6.29. The Bertz CT molecular complexity index is 330. The van der Waals surface area contributed by atoms with E-state index in [-0.39, 0.29) is 25.3 Å². The standard InChI is InChI=1S/C12H20N2O4/c1-8-5-6-9(7-8)13-12(18)14-10(15)3-2-4-11(16)17/h8-9H,2-7H2,1H3,(H,16,17)(H2,13,14,15,18). The number of carbonyl (C=O) groups is 3. The lowest BCUT2D eigenvalue weighted by molar-refractivity contribution is -0.137. The van der Waals surface area contributed by atoms with Gasteiger partial charge in [0.05, 0.1) is 0 Å². The smallest absolute Gasteiger partial charge is 0.321 e. The third-order valence-electron chi connectivity index (χ3n) is 3.08. The van der Waals surface area contributed by atoms with E-state index in [4.69, 9.17) is 5.11 Å². The zero-order chi connectivity index (χ0) is 13.5. The van der Waals surface area contributed by atoms with E-state index in [9.17, 15) is 14.4 Å². The van der Waals surface area contributed by atoms with Crippen LogP contribution in [0.1, 0.15) is 45.4 Å². The maximum Gasteiger partial charge on any atom is 0.321 e. The highest BCUT2D eigenvalue weighted by Gasteiger charge is 2.23. The molecule has 1 fully saturated rings. The summed E-state index contributed by atoms with van der Waals surface area (Å²) in [6, 6.07) is -0.332. The Balaban J connectivity index is 2.15. The van der Waals surface area contributed by atoms with E-state index in [1.54, 1.807) is 0 Å². The summed E-state index contributed by atoms with van der Waals surface area (Å²) in [4.78, 5) is 33.0. The van der Waals surface area contributed by atoms with Gasteiger partial charge in [-0.2, -0.15) is 0 Å². The van der Waals surface area contributed by atoms with Crippen molar-refractivity contribution in [2.24, 2.45) is 5.92 Å². The second-order valence-electron chi connectivity index (χ2n) is 4.88. The van der Waals surface area contributed by atoms with Gasteiger partial charge in [0.15, 0.2) is 0 Å². The molecule has 1 saturated carbocycles. The van der Waals surface area contributed by atoms with Crippen LogP contribution in [0.15, 0.2) is 0 Å². The van der Waals surface area contributed by atoms with Crippen LogP contribution < -0.4 is 10.6 Å². The average Bonchev–Trinajstić information content (AvgIpc) is 2.62. The molecule has 0 aromatic rings. The summed E-state index contributed by atoms with van der Waals surface area (Å²) < 4.78 is 0. The van der Waals surface area contributed by atoms with Crippen molar-refractivity contribution in [3.63, 3.8) is 0 Å². The number of rotatable bonds is 5. The first-order chi connectivity index (χ1) is 8.47. The number of carbonyl (C=O) groups excluding carboxylic acids is 2. The Morgan fingerprint density at radius 1 is 1.22 bits per heavy atom. The van der Waals surface area contributed by atoms with Crippen LogP contribution in [-0.2, 0) is 9.59 Å². The molecule has 0 aromatic heterocycles. The van der Waals surface area contributed by atoms with Crippen molar-refractivity contribution in [1.82, 2.24) is 10.6 Å². The number of aliphatic carboxylic acids is 1. The third-order valence-corrected chi connectivity index (χ3v) is 3.08. The van der Waals surface area contributed by atoms with Gasteiger partial charge in [0, 0.05) is 18.9 Å². The summed E-state index contributed by atoms with van der Waals surface area (Å²) in [5.41, 5.74) is 0. The van der Waals surface area contributed by atoms with E-state index in [0.717, 1.165) is 19.3 Å². The monoisotopic (exact) mass is 256 g/mol. The van der Waals surface area contributed by atoms with Crippen LogP contribution >= 0.6 is 0 Å². The van der Waals surface area contributed by atoms with Crippen molar-refractivity contribution >= 4 is 17.9 Å². The molecule has 6 heteroatoms. The van der Waals surface area contributed by atoms with Crippen LogP contribution in [0.5, 0.6) is 0 Å². The highest BCUT2D eigenvalue weighted by atomic mass is 16.4. The van der Waals surface area contributed by atoms with E-state index < -0.39 is 17.9 Å². The highest BCUT2D eigenvalue weighted by Crippen LogP contribution is 2.24. The topological polar surface area (TPSA) is 95.5 Å². The van der Waals surface area contributed by atoms with Crippen LogP contribution in [0.4, 0.5) is 4.79 Å². The first-order valence-corrected chi connectivity index (χ1v) is 6.29. The van der Waals surface area contributed by atoms with Crippen molar-refractivity contribution in [2.45, 2.75) is 51.5 Å². The summed E-state index contributed by atoms with van der Waals surface area (Å²) in [7, 11) is 0. The average molecular weight is 256 g/mol. The Hall–Kier alpha value is -1.59. The zero-order valence-corrected chi connectivity index (χ0v) is 10.6. The number of hydrogen-bond acceptors (Lipinski definition) is 3. The first kappa shape index (κ1) is 14.5. The van der Waals surface area contributed by atoms with Gasteiger partial charge in [0.1, 0.15) is 0 Å². The number of imide groups is 1. The predicted molar refractivity (Wildman–Crippen MR) is 65.0 cm³/mol. The maximum atomic E-state index is 11.5. The molecular weight excluding hydrogens is 236 g/mol. The fourth-order valence-corrected chi connectivity index (χ4v) is 2.15. The molecule has 3 amide bonds. The Labute approximate surface area is 106 Å². The van der Waals surface area contributed by atoms with Gasteiger partial charge in [-0.15, -0.1) is 0 Å². The molecule has 0 radical (unpaired) electrons. The minimum Gasteiger partial charge on any atom is -0.481 e. The van der Waals surface area contributed by atoms with Gasteiger partial charge >= 0.3 is 12.0 Å². The summed E-state index contributed by atoms with van der Waals surface area (Å²) in [5, 5.41) is 13.4. The number of hydrogen-bond donors (Lipinski definition) is 3. The van der Waals surface area contributed by atoms with Crippen molar-refractivity contribution in [3.8, 4) is 0 Å². The number of carboxylic acids is 1. The molecule has 102 valence electrons. The molecule has 0 aliphatic heterocycles. The Kier molecular flexibility index (Phi) is 5.61.